The van der Waals surface area contributed by atoms with Crippen LogP contribution in [0.25, 0.3) is 21.9 Å². The van der Waals surface area contributed by atoms with E-state index in [0.717, 1.165) is 5.56 Å². The molecule has 4 unspecified atom stereocenters. The van der Waals surface area contributed by atoms with E-state index >= 15 is 0 Å². The second kappa shape index (κ2) is 10.5. The van der Waals surface area contributed by atoms with Gasteiger partial charge in [0, 0.05) is 10.8 Å². The number of halogens is 1. The third kappa shape index (κ3) is 4.04. The molecule has 5 aliphatic rings. The lowest BCUT2D eigenvalue weighted by atomic mass is 9.66. The lowest BCUT2D eigenvalue weighted by molar-refractivity contribution is -0.217. The minimum Gasteiger partial charge on any atom is -0.494 e. The minimum absolute atomic E-state index is 0.00795. The summed E-state index contributed by atoms with van der Waals surface area (Å²) >= 11 is 3.61. The van der Waals surface area contributed by atoms with E-state index in [1.165, 1.54) is 7.11 Å². The predicted molar refractivity (Wildman–Crippen MR) is 192 cm³/mol. The summed E-state index contributed by atoms with van der Waals surface area (Å²) in [6.45, 7) is 16.0. The van der Waals surface area contributed by atoms with Crippen LogP contribution in [0.15, 0.2) is 31.9 Å². The Hall–Kier alpha value is -4.13. The summed E-state index contributed by atoms with van der Waals surface area (Å²) in [7, 11) is 1.41. The zero-order valence-electron chi connectivity index (χ0n) is 31.5. The van der Waals surface area contributed by atoms with Gasteiger partial charge in [-0.25, -0.2) is 9.59 Å². The van der Waals surface area contributed by atoms with Crippen LogP contribution in [0.1, 0.15) is 98.3 Å². The fourth-order valence-electron chi connectivity index (χ4n) is 9.68. The molecule has 6 atom stereocenters. The molecular formula is C40H43BrO12. The topological polar surface area (TPSA) is 154 Å². The maximum Gasteiger partial charge on any atom is 0.351 e. The molecule has 4 bridgehead atoms. The molecule has 2 saturated carbocycles. The van der Waals surface area contributed by atoms with Crippen LogP contribution in [0, 0.1) is 28.6 Å². The quantitative estimate of drug-likeness (QED) is 0.149. The minimum atomic E-state index is -1.66. The first-order chi connectivity index (χ1) is 24.5. The Morgan fingerprint density at radius 3 is 1.83 bits per heavy atom. The lowest BCUT2D eigenvalue weighted by Gasteiger charge is -2.46. The average molecular weight is 796 g/mol. The number of ether oxygens (including phenoxy) is 6. The number of hydrogen-bond acceptors (Lipinski definition) is 12. The highest BCUT2D eigenvalue weighted by molar-refractivity contribution is 9.10. The van der Waals surface area contributed by atoms with Crippen LogP contribution in [0.4, 0.5) is 0 Å². The normalized spacial score (nSPS) is 34.0. The van der Waals surface area contributed by atoms with E-state index in [0.29, 0.717) is 18.2 Å². The maximum absolute atomic E-state index is 14.8. The highest BCUT2D eigenvalue weighted by Gasteiger charge is 2.78. The molecule has 2 saturated heterocycles. The molecular weight excluding hydrogens is 752 g/mol. The van der Waals surface area contributed by atoms with Gasteiger partial charge in [-0.1, -0.05) is 39.3 Å². The van der Waals surface area contributed by atoms with E-state index in [9.17, 15) is 24.0 Å². The molecule has 53 heavy (non-hydrogen) atoms. The number of rotatable bonds is 5. The van der Waals surface area contributed by atoms with Crippen LogP contribution in [0.5, 0.6) is 11.5 Å². The predicted octanol–water partition coefficient (Wildman–Crippen LogP) is 6.94. The van der Waals surface area contributed by atoms with Gasteiger partial charge in [0.1, 0.15) is 26.8 Å². The number of carbonyl (C=O) groups excluding carboxylic acids is 4. The van der Waals surface area contributed by atoms with Crippen molar-refractivity contribution in [2.75, 3.05) is 7.11 Å². The first-order valence-corrected chi connectivity index (χ1v) is 18.7. The Kier molecular flexibility index (Phi) is 7.14. The highest BCUT2D eigenvalue weighted by Crippen LogP contribution is 2.68. The largest absolute Gasteiger partial charge is 0.494 e. The molecule has 0 N–H and O–H groups in total. The molecule has 2 aromatic carbocycles. The van der Waals surface area contributed by atoms with Crippen LogP contribution in [-0.4, -0.2) is 53.9 Å². The Balaban J connectivity index is 1.36. The molecule has 4 fully saturated rings. The van der Waals surface area contributed by atoms with Gasteiger partial charge in [0.05, 0.1) is 28.9 Å². The highest BCUT2D eigenvalue weighted by atomic mass is 79.9. The van der Waals surface area contributed by atoms with Gasteiger partial charge in [0.15, 0.2) is 23.5 Å². The van der Waals surface area contributed by atoms with E-state index in [1.807, 2.05) is 34.6 Å². The van der Waals surface area contributed by atoms with Gasteiger partial charge in [-0.15, -0.1) is 0 Å². The van der Waals surface area contributed by atoms with E-state index < -0.39 is 80.0 Å². The van der Waals surface area contributed by atoms with Crippen molar-refractivity contribution in [2.24, 2.45) is 21.7 Å². The van der Waals surface area contributed by atoms with Gasteiger partial charge >= 0.3 is 23.9 Å². The molecule has 3 aliphatic heterocycles. The number of hydrogen-bond donors (Lipinski definition) is 0. The SMILES string of the molecule is COc1c(Br)c2c(c3oc4ccc(C)cc4c(=O)c13)[C@@H](OC(=O)C13CCC(C)(C(=O)O1)C3(C)C)[C@@H](OC(=O)C13CCC(C)(C(=O)O1)C3(C)C)C(C)(C)O2. The number of methoxy groups -OCH3 is 1. The van der Waals surface area contributed by atoms with E-state index in [4.69, 9.17) is 32.8 Å². The number of carbonyl (C=O) groups is 4. The van der Waals surface area contributed by atoms with E-state index in [2.05, 4.69) is 15.9 Å². The Labute approximate surface area is 314 Å². The van der Waals surface area contributed by atoms with Crippen molar-refractivity contribution in [3.05, 3.63) is 44.0 Å². The third-order valence-corrected chi connectivity index (χ3v) is 15.0. The second-order valence-electron chi connectivity index (χ2n) is 17.4. The van der Waals surface area contributed by atoms with Crippen molar-refractivity contribution in [1.29, 1.82) is 0 Å². The summed E-state index contributed by atoms with van der Waals surface area (Å²) in [6, 6.07) is 5.18. The molecule has 0 spiro atoms. The van der Waals surface area contributed by atoms with Gasteiger partial charge in [-0.05, 0) is 88.4 Å². The molecule has 282 valence electrons. The molecule has 4 heterocycles. The summed E-state index contributed by atoms with van der Waals surface area (Å²) in [5.41, 5.74) is -7.70. The Bertz CT molecular complexity index is 2290. The molecule has 3 aromatic rings. The number of aryl methyl sites for hydroxylation is 1. The molecule has 1 aromatic heterocycles. The van der Waals surface area contributed by atoms with Crippen LogP contribution in [0.3, 0.4) is 0 Å². The summed E-state index contributed by atoms with van der Waals surface area (Å²) in [4.78, 5) is 70.2. The van der Waals surface area contributed by atoms with Gasteiger partial charge in [-0.2, -0.15) is 0 Å². The number of esters is 4. The van der Waals surface area contributed by atoms with Crippen molar-refractivity contribution < 1.29 is 52.0 Å². The standard InChI is InChI=1S/C40H43BrO12/c1-18-11-12-20-19(17-18)24(42)21-25(48-20)22-27(23(41)26(21)47-10)51-34(2,3)29(50-33(46)40-16-14-38(9,31(44)53-40)36(40,6)7)28(22)49-32(45)39-15-13-37(8,30(43)52-39)35(39,4)5/h11-12,17,28-29H,13-16H2,1-10H3/t28-,29-,37?,38?,39?,40?/m1/s1. The monoisotopic (exact) mass is 794 g/mol. The zero-order chi connectivity index (χ0) is 38.6. The fourth-order valence-corrected chi connectivity index (χ4v) is 10.3. The van der Waals surface area contributed by atoms with Crippen LogP contribution in [0.2, 0.25) is 0 Å². The Morgan fingerprint density at radius 1 is 0.792 bits per heavy atom. The van der Waals surface area contributed by atoms with Gasteiger partial charge in [0.25, 0.3) is 0 Å². The van der Waals surface area contributed by atoms with Crippen LogP contribution < -0.4 is 14.9 Å². The number of fused-ring (bicyclic) bond motifs is 8. The first kappa shape index (κ1) is 35.9. The van der Waals surface area contributed by atoms with Crippen molar-refractivity contribution in [3.8, 4) is 11.5 Å². The smallest absolute Gasteiger partial charge is 0.351 e. The van der Waals surface area contributed by atoms with Gasteiger partial charge < -0.3 is 32.8 Å². The average Bonchev–Trinajstić information content (AvgIpc) is 3.55. The summed E-state index contributed by atoms with van der Waals surface area (Å²) in [5.74, 6) is -2.38. The summed E-state index contributed by atoms with van der Waals surface area (Å²) in [5, 5.41) is 0.342. The lowest BCUT2D eigenvalue weighted by Crippen LogP contribution is -2.58. The first-order valence-electron chi connectivity index (χ1n) is 17.9. The van der Waals surface area contributed by atoms with Gasteiger partial charge in [0.2, 0.25) is 16.6 Å². The molecule has 0 amide bonds. The summed E-state index contributed by atoms with van der Waals surface area (Å²) < 4.78 is 44.0. The zero-order valence-corrected chi connectivity index (χ0v) is 33.1. The van der Waals surface area contributed by atoms with Crippen LogP contribution in [-0.2, 0) is 38.1 Å². The Morgan fingerprint density at radius 2 is 1.34 bits per heavy atom. The number of benzene rings is 2. The van der Waals surface area contributed by atoms with Crippen molar-refractivity contribution >= 4 is 61.7 Å². The summed E-state index contributed by atoms with van der Waals surface area (Å²) in [6.07, 6.45) is -1.63. The molecule has 12 nitrogen and oxygen atoms in total. The van der Waals surface area contributed by atoms with E-state index in [-0.39, 0.29) is 50.9 Å². The van der Waals surface area contributed by atoms with Crippen molar-refractivity contribution in [3.63, 3.8) is 0 Å². The van der Waals surface area contributed by atoms with Crippen LogP contribution >= 0.6 is 15.9 Å². The molecule has 2 aliphatic carbocycles. The molecule has 8 rings (SSSR count). The second-order valence-corrected chi connectivity index (χ2v) is 18.2. The van der Waals surface area contributed by atoms with E-state index in [1.54, 1.807) is 45.9 Å². The third-order valence-electron chi connectivity index (χ3n) is 14.3. The molecule has 13 heteroatoms. The van der Waals surface area contributed by atoms with Gasteiger partial charge in [-0.3, -0.25) is 14.4 Å². The maximum atomic E-state index is 14.8. The molecule has 0 radical (unpaired) electrons. The van der Waals surface area contributed by atoms with Crippen molar-refractivity contribution in [1.82, 2.24) is 0 Å². The van der Waals surface area contributed by atoms with Crippen molar-refractivity contribution in [2.45, 2.75) is 117 Å². The fraction of sp³-hybridized carbons (Fsp3) is 0.575.